The van der Waals surface area contributed by atoms with E-state index < -0.39 is 0 Å². The fraction of sp³-hybridized carbons (Fsp3) is 0.150. The first-order valence-corrected chi connectivity index (χ1v) is 7.93. The van der Waals surface area contributed by atoms with Crippen LogP contribution in [-0.4, -0.2) is 34.9 Å². The molecule has 0 spiro atoms. The summed E-state index contributed by atoms with van der Waals surface area (Å²) in [6.45, 7) is 0.436. The number of amides is 1. The highest BCUT2D eigenvalue weighted by molar-refractivity contribution is 5.99. The lowest BCUT2D eigenvalue weighted by Gasteiger charge is -2.20. The maximum atomic E-state index is 12.9. The molecule has 0 saturated heterocycles. The van der Waals surface area contributed by atoms with Gasteiger partial charge in [-0.1, -0.05) is 48.5 Å². The molecule has 3 rings (SSSR count). The zero-order valence-electron chi connectivity index (χ0n) is 14.2. The Kier molecular flexibility index (Phi) is 5.04. The topological polar surface area (TPSA) is 55.3 Å². The van der Waals surface area contributed by atoms with Crippen molar-refractivity contribution in [1.82, 2.24) is 14.9 Å². The van der Waals surface area contributed by atoms with Gasteiger partial charge in [-0.15, -0.1) is 0 Å². The van der Waals surface area contributed by atoms with Crippen molar-refractivity contribution in [2.45, 2.75) is 6.54 Å². The monoisotopic (exact) mass is 333 g/mol. The van der Waals surface area contributed by atoms with Crippen molar-refractivity contribution < 1.29 is 9.53 Å². The van der Waals surface area contributed by atoms with Crippen molar-refractivity contribution in [3.63, 3.8) is 0 Å². The third-order valence-corrected chi connectivity index (χ3v) is 3.94. The van der Waals surface area contributed by atoms with E-state index in [0.29, 0.717) is 17.8 Å². The third kappa shape index (κ3) is 3.66. The fourth-order valence-electron chi connectivity index (χ4n) is 2.68. The number of nitrogens with zero attached hydrogens (tertiary/aromatic N) is 3. The quantitative estimate of drug-likeness (QED) is 0.718. The Labute approximate surface area is 146 Å². The summed E-state index contributed by atoms with van der Waals surface area (Å²) < 4.78 is 5.36. The molecule has 0 aliphatic rings. The molecule has 0 unspecified atom stereocenters. The van der Waals surface area contributed by atoms with Crippen molar-refractivity contribution in [3.05, 3.63) is 78.2 Å². The maximum Gasteiger partial charge on any atom is 0.257 e. The van der Waals surface area contributed by atoms with E-state index in [1.165, 1.54) is 6.33 Å². The lowest BCUT2D eigenvalue weighted by molar-refractivity contribution is 0.0784. The van der Waals surface area contributed by atoms with Crippen LogP contribution in [0.5, 0.6) is 5.75 Å². The van der Waals surface area contributed by atoms with E-state index in [1.54, 1.807) is 25.3 Å². The fourth-order valence-corrected chi connectivity index (χ4v) is 2.68. The van der Waals surface area contributed by atoms with Crippen molar-refractivity contribution in [2.75, 3.05) is 14.2 Å². The molecule has 0 fully saturated rings. The molecule has 0 radical (unpaired) electrons. The van der Waals surface area contributed by atoms with E-state index in [0.717, 1.165) is 16.9 Å². The van der Waals surface area contributed by atoms with Gasteiger partial charge in [0.2, 0.25) is 0 Å². The first-order chi connectivity index (χ1) is 12.2. The van der Waals surface area contributed by atoms with Crippen LogP contribution in [0.2, 0.25) is 0 Å². The van der Waals surface area contributed by atoms with Crippen molar-refractivity contribution >= 4 is 5.91 Å². The molecule has 0 N–H and O–H groups in total. The third-order valence-electron chi connectivity index (χ3n) is 3.94. The van der Waals surface area contributed by atoms with E-state index in [4.69, 9.17) is 4.74 Å². The van der Waals surface area contributed by atoms with Crippen LogP contribution < -0.4 is 4.74 Å². The van der Waals surface area contributed by atoms with Gasteiger partial charge in [0, 0.05) is 30.9 Å². The first kappa shape index (κ1) is 16.6. The van der Waals surface area contributed by atoms with Crippen LogP contribution >= 0.6 is 0 Å². The molecular formula is C20H19N3O2. The van der Waals surface area contributed by atoms with Crippen LogP contribution in [0.3, 0.4) is 0 Å². The number of aromatic nitrogens is 2. The summed E-state index contributed by atoms with van der Waals surface area (Å²) >= 11 is 0. The molecular weight excluding hydrogens is 314 g/mol. The van der Waals surface area contributed by atoms with E-state index in [2.05, 4.69) is 9.97 Å². The van der Waals surface area contributed by atoms with Gasteiger partial charge >= 0.3 is 0 Å². The zero-order chi connectivity index (χ0) is 17.6. The van der Waals surface area contributed by atoms with E-state index in [1.807, 2.05) is 54.6 Å². The molecule has 0 aliphatic carbocycles. The number of hydrogen-bond acceptors (Lipinski definition) is 4. The molecule has 0 bridgehead atoms. The SMILES string of the molecule is COc1ccccc1CN(C)C(=O)c1cncnc1-c1ccccc1. The number of hydrogen-bond donors (Lipinski definition) is 0. The number of methoxy groups -OCH3 is 1. The van der Waals surface area contributed by atoms with Crippen LogP contribution in [0.4, 0.5) is 0 Å². The minimum Gasteiger partial charge on any atom is -0.496 e. The van der Waals surface area contributed by atoms with E-state index in [9.17, 15) is 4.79 Å². The Morgan fingerprint density at radius 1 is 1.08 bits per heavy atom. The number of rotatable bonds is 5. The minimum absolute atomic E-state index is 0.134. The maximum absolute atomic E-state index is 12.9. The predicted octanol–water partition coefficient (Wildman–Crippen LogP) is 3.42. The van der Waals surface area contributed by atoms with Crippen LogP contribution in [0.1, 0.15) is 15.9 Å². The molecule has 1 heterocycles. The Bertz CT molecular complexity index is 866. The smallest absolute Gasteiger partial charge is 0.257 e. The van der Waals surface area contributed by atoms with Gasteiger partial charge in [-0.2, -0.15) is 0 Å². The number of ether oxygens (including phenoxy) is 1. The molecule has 1 aromatic heterocycles. The molecule has 126 valence electrons. The summed E-state index contributed by atoms with van der Waals surface area (Å²) in [5.74, 6) is 0.625. The molecule has 0 saturated carbocycles. The highest BCUT2D eigenvalue weighted by Crippen LogP contribution is 2.23. The zero-order valence-corrected chi connectivity index (χ0v) is 14.2. The minimum atomic E-state index is -0.134. The highest BCUT2D eigenvalue weighted by Gasteiger charge is 2.19. The second-order valence-corrected chi connectivity index (χ2v) is 5.62. The van der Waals surface area contributed by atoms with Gasteiger partial charge in [0.1, 0.15) is 12.1 Å². The Hall–Kier alpha value is -3.21. The summed E-state index contributed by atoms with van der Waals surface area (Å²) in [5, 5.41) is 0. The Morgan fingerprint density at radius 2 is 1.80 bits per heavy atom. The molecule has 5 nitrogen and oxygen atoms in total. The standard InChI is InChI=1S/C20H19N3O2/c1-23(13-16-10-6-7-11-18(16)25-2)20(24)17-12-21-14-22-19(17)15-8-4-3-5-9-15/h3-12,14H,13H2,1-2H3. The average Bonchev–Trinajstić information content (AvgIpc) is 2.68. The van der Waals surface area contributed by atoms with Gasteiger partial charge in [-0.25, -0.2) is 9.97 Å². The van der Waals surface area contributed by atoms with E-state index in [-0.39, 0.29) is 5.91 Å². The molecule has 1 amide bonds. The van der Waals surface area contributed by atoms with E-state index >= 15 is 0 Å². The van der Waals surface area contributed by atoms with Crippen molar-refractivity contribution in [3.8, 4) is 17.0 Å². The second-order valence-electron chi connectivity index (χ2n) is 5.62. The Balaban J connectivity index is 1.89. The predicted molar refractivity (Wildman–Crippen MR) is 96.3 cm³/mol. The van der Waals surface area contributed by atoms with Crippen LogP contribution in [0, 0.1) is 0 Å². The van der Waals surface area contributed by atoms with Crippen LogP contribution in [0.15, 0.2) is 67.1 Å². The first-order valence-electron chi connectivity index (χ1n) is 7.93. The summed E-state index contributed by atoms with van der Waals surface area (Å²) in [4.78, 5) is 22.9. The normalized spacial score (nSPS) is 10.3. The largest absolute Gasteiger partial charge is 0.496 e. The molecule has 3 aromatic rings. The summed E-state index contributed by atoms with van der Waals surface area (Å²) in [6.07, 6.45) is 3.02. The van der Waals surface area contributed by atoms with Gasteiger partial charge in [0.15, 0.2) is 0 Å². The molecule has 5 heteroatoms. The number of carbonyl (C=O) groups is 1. The molecule has 25 heavy (non-hydrogen) atoms. The average molecular weight is 333 g/mol. The van der Waals surface area contributed by atoms with Crippen molar-refractivity contribution in [2.24, 2.45) is 0 Å². The number of benzene rings is 2. The lowest BCUT2D eigenvalue weighted by Crippen LogP contribution is -2.27. The van der Waals surface area contributed by atoms with Gasteiger partial charge in [-0.05, 0) is 6.07 Å². The molecule has 2 aromatic carbocycles. The second kappa shape index (κ2) is 7.57. The highest BCUT2D eigenvalue weighted by atomic mass is 16.5. The lowest BCUT2D eigenvalue weighted by atomic mass is 10.1. The van der Waals surface area contributed by atoms with Gasteiger partial charge in [-0.3, -0.25) is 4.79 Å². The number of para-hydroxylation sites is 1. The summed E-state index contributed by atoms with van der Waals surface area (Å²) in [6, 6.07) is 17.3. The van der Waals surface area contributed by atoms with Crippen molar-refractivity contribution in [1.29, 1.82) is 0 Å². The van der Waals surface area contributed by atoms with Gasteiger partial charge < -0.3 is 9.64 Å². The molecule has 0 atom stereocenters. The Morgan fingerprint density at radius 3 is 2.56 bits per heavy atom. The van der Waals surface area contributed by atoms with Crippen LogP contribution in [0.25, 0.3) is 11.3 Å². The summed E-state index contributed by atoms with van der Waals surface area (Å²) in [7, 11) is 3.38. The van der Waals surface area contributed by atoms with Crippen LogP contribution in [-0.2, 0) is 6.54 Å². The summed E-state index contributed by atoms with van der Waals surface area (Å²) in [5.41, 5.74) is 2.94. The van der Waals surface area contributed by atoms with Gasteiger partial charge in [0.25, 0.3) is 5.91 Å². The number of carbonyl (C=O) groups excluding carboxylic acids is 1. The molecule has 0 aliphatic heterocycles. The van der Waals surface area contributed by atoms with Gasteiger partial charge in [0.05, 0.1) is 18.4 Å².